The van der Waals surface area contributed by atoms with Gasteiger partial charge in [-0.15, -0.1) is 0 Å². The number of anilines is 1. The molecule has 0 radical (unpaired) electrons. The lowest BCUT2D eigenvalue weighted by Crippen LogP contribution is -2.48. The second kappa shape index (κ2) is 7.02. The maximum atomic E-state index is 12.5. The summed E-state index contributed by atoms with van der Waals surface area (Å²) in [4.78, 5) is 14.7. The molecule has 1 aromatic rings. The predicted molar refractivity (Wildman–Crippen MR) is 94.8 cm³/mol. The highest BCUT2D eigenvalue weighted by atomic mass is 16.2. The van der Waals surface area contributed by atoms with Gasteiger partial charge in [0.15, 0.2) is 0 Å². The molecule has 23 heavy (non-hydrogen) atoms. The zero-order valence-electron chi connectivity index (χ0n) is 14.6. The summed E-state index contributed by atoms with van der Waals surface area (Å²) >= 11 is 0. The molecule has 2 heterocycles. The van der Waals surface area contributed by atoms with Gasteiger partial charge in [-0.3, -0.25) is 9.69 Å². The Morgan fingerprint density at radius 3 is 2.65 bits per heavy atom. The number of carbonyl (C=O) groups is 1. The van der Waals surface area contributed by atoms with Crippen LogP contribution in [0.5, 0.6) is 0 Å². The number of piperidine rings is 1. The molecule has 2 saturated heterocycles. The Labute approximate surface area is 139 Å². The number of nitrogens with one attached hydrogen (secondary N) is 2. The molecule has 2 fully saturated rings. The minimum absolute atomic E-state index is 0.0994. The number of nitrogens with zero attached hydrogens (tertiary/aromatic N) is 1. The predicted octanol–water partition coefficient (Wildman–Crippen LogP) is 2.71. The zero-order valence-corrected chi connectivity index (χ0v) is 14.6. The van der Waals surface area contributed by atoms with Crippen LogP contribution in [0, 0.1) is 6.92 Å². The molecule has 4 heteroatoms. The van der Waals surface area contributed by atoms with Crippen molar-refractivity contribution in [1.29, 1.82) is 0 Å². The fourth-order valence-corrected chi connectivity index (χ4v) is 4.12. The quantitative estimate of drug-likeness (QED) is 0.878. The molecule has 1 amide bonds. The molecule has 2 aliphatic rings. The van der Waals surface area contributed by atoms with Gasteiger partial charge in [0.1, 0.15) is 0 Å². The Morgan fingerprint density at radius 2 is 2.00 bits per heavy atom. The smallest absolute Gasteiger partial charge is 0.238 e. The minimum atomic E-state index is 0.0994. The Morgan fingerprint density at radius 1 is 1.30 bits per heavy atom. The summed E-state index contributed by atoms with van der Waals surface area (Å²) in [6.45, 7) is 4.66. The van der Waals surface area contributed by atoms with Gasteiger partial charge >= 0.3 is 0 Å². The van der Waals surface area contributed by atoms with Crippen LogP contribution in [0.15, 0.2) is 18.2 Å². The number of amides is 1. The van der Waals surface area contributed by atoms with E-state index < -0.39 is 0 Å². The first-order chi connectivity index (χ1) is 11.1. The number of benzene rings is 1. The SMILES string of the molecule is CCc1cccc(C)c1NC(=O)CN(C)C1CC2CCC(C1)N2. The third-order valence-corrected chi connectivity index (χ3v) is 5.47. The molecule has 4 nitrogen and oxygen atoms in total. The molecule has 2 aliphatic heterocycles. The topological polar surface area (TPSA) is 44.4 Å². The van der Waals surface area contributed by atoms with Crippen molar-refractivity contribution in [2.45, 2.75) is 64.1 Å². The van der Waals surface area contributed by atoms with Gasteiger partial charge in [0.2, 0.25) is 5.91 Å². The van der Waals surface area contributed by atoms with Gasteiger partial charge < -0.3 is 10.6 Å². The average molecular weight is 315 g/mol. The largest absolute Gasteiger partial charge is 0.324 e. The van der Waals surface area contributed by atoms with E-state index in [1.807, 2.05) is 0 Å². The number of hydrogen-bond acceptors (Lipinski definition) is 3. The van der Waals surface area contributed by atoms with Gasteiger partial charge in [0.25, 0.3) is 0 Å². The number of fused-ring (bicyclic) bond motifs is 2. The zero-order chi connectivity index (χ0) is 16.4. The van der Waals surface area contributed by atoms with E-state index in [1.165, 1.54) is 31.2 Å². The Hall–Kier alpha value is -1.39. The Balaban J connectivity index is 1.59. The van der Waals surface area contributed by atoms with E-state index in [4.69, 9.17) is 0 Å². The second-order valence-corrected chi connectivity index (χ2v) is 7.19. The molecule has 2 N–H and O–H groups in total. The molecule has 0 aromatic heterocycles. The summed E-state index contributed by atoms with van der Waals surface area (Å²) in [6.07, 6.45) is 5.87. The monoisotopic (exact) mass is 315 g/mol. The highest BCUT2D eigenvalue weighted by Crippen LogP contribution is 2.29. The fraction of sp³-hybridized carbons (Fsp3) is 0.632. The van der Waals surface area contributed by atoms with E-state index in [0.717, 1.165) is 17.7 Å². The Kier molecular flexibility index (Phi) is 5.02. The van der Waals surface area contributed by atoms with Gasteiger partial charge in [-0.1, -0.05) is 25.1 Å². The summed E-state index contributed by atoms with van der Waals surface area (Å²) in [6, 6.07) is 8.06. The van der Waals surface area contributed by atoms with E-state index in [9.17, 15) is 4.79 Å². The number of aryl methyl sites for hydroxylation is 2. The molecule has 126 valence electrons. The van der Waals surface area contributed by atoms with Crippen molar-refractivity contribution in [1.82, 2.24) is 10.2 Å². The average Bonchev–Trinajstić information content (AvgIpc) is 2.87. The van der Waals surface area contributed by atoms with Crippen LogP contribution in [0.4, 0.5) is 5.69 Å². The number of para-hydroxylation sites is 1. The van der Waals surface area contributed by atoms with Crippen LogP contribution in [0.2, 0.25) is 0 Å². The first kappa shape index (κ1) is 16.5. The minimum Gasteiger partial charge on any atom is -0.324 e. The van der Waals surface area contributed by atoms with Crippen molar-refractivity contribution < 1.29 is 4.79 Å². The van der Waals surface area contributed by atoms with Crippen molar-refractivity contribution in [3.05, 3.63) is 29.3 Å². The third-order valence-electron chi connectivity index (χ3n) is 5.47. The van der Waals surface area contributed by atoms with Gasteiger partial charge in [-0.25, -0.2) is 0 Å². The highest BCUT2D eigenvalue weighted by Gasteiger charge is 2.35. The van der Waals surface area contributed by atoms with Gasteiger partial charge in [0, 0.05) is 23.8 Å². The van der Waals surface area contributed by atoms with Crippen LogP contribution in [-0.2, 0) is 11.2 Å². The first-order valence-corrected chi connectivity index (χ1v) is 8.91. The summed E-state index contributed by atoms with van der Waals surface area (Å²) in [5, 5.41) is 6.81. The van der Waals surface area contributed by atoms with Gasteiger partial charge in [-0.2, -0.15) is 0 Å². The van der Waals surface area contributed by atoms with Crippen LogP contribution in [0.1, 0.15) is 43.7 Å². The van der Waals surface area contributed by atoms with Crippen LogP contribution in [-0.4, -0.2) is 42.5 Å². The normalized spacial score (nSPS) is 26.5. The molecule has 1 aromatic carbocycles. The third kappa shape index (κ3) is 3.75. The lowest BCUT2D eigenvalue weighted by atomic mass is 9.98. The maximum absolute atomic E-state index is 12.5. The molecule has 0 aliphatic carbocycles. The van der Waals surface area contributed by atoms with Crippen LogP contribution in [0.3, 0.4) is 0 Å². The van der Waals surface area contributed by atoms with E-state index in [1.54, 1.807) is 0 Å². The van der Waals surface area contributed by atoms with Crippen molar-refractivity contribution >= 4 is 11.6 Å². The highest BCUT2D eigenvalue weighted by molar-refractivity contribution is 5.93. The van der Waals surface area contributed by atoms with E-state index in [0.29, 0.717) is 24.7 Å². The number of carbonyl (C=O) groups excluding carboxylic acids is 1. The number of likely N-dealkylation sites (N-methyl/N-ethyl adjacent to an activating group) is 1. The van der Waals surface area contributed by atoms with Crippen molar-refractivity contribution in [2.75, 3.05) is 18.9 Å². The molecule has 0 spiro atoms. The van der Waals surface area contributed by atoms with Gasteiger partial charge in [0.05, 0.1) is 6.54 Å². The molecule has 2 bridgehead atoms. The standard InChI is InChI=1S/C19H29N3O/c1-4-14-7-5-6-13(2)19(14)21-18(23)12-22(3)17-10-15-8-9-16(11-17)20-15/h5-7,15-17,20H,4,8-12H2,1-3H3,(H,21,23). The van der Waals surface area contributed by atoms with E-state index in [2.05, 4.69) is 54.6 Å². The molecule has 2 atom stereocenters. The van der Waals surface area contributed by atoms with Crippen molar-refractivity contribution in [3.8, 4) is 0 Å². The lowest BCUT2D eigenvalue weighted by molar-refractivity contribution is -0.117. The fourth-order valence-electron chi connectivity index (χ4n) is 4.12. The molecule has 3 rings (SSSR count). The van der Waals surface area contributed by atoms with Crippen molar-refractivity contribution in [2.24, 2.45) is 0 Å². The van der Waals surface area contributed by atoms with Crippen LogP contribution < -0.4 is 10.6 Å². The Bertz CT molecular complexity index is 560. The summed E-state index contributed by atoms with van der Waals surface area (Å²) in [7, 11) is 2.09. The number of hydrogen-bond donors (Lipinski definition) is 2. The van der Waals surface area contributed by atoms with E-state index >= 15 is 0 Å². The molecular weight excluding hydrogens is 286 g/mol. The van der Waals surface area contributed by atoms with Crippen LogP contribution in [0.25, 0.3) is 0 Å². The second-order valence-electron chi connectivity index (χ2n) is 7.19. The van der Waals surface area contributed by atoms with Gasteiger partial charge in [-0.05, 0) is 57.2 Å². The first-order valence-electron chi connectivity index (χ1n) is 8.91. The summed E-state index contributed by atoms with van der Waals surface area (Å²) in [5.74, 6) is 0.0994. The summed E-state index contributed by atoms with van der Waals surface area (Å²) in [5.41, 5.74) is 3.35. The number of rotatable bonds is 5. The molecule has 0 saturated carbocycles. The van der Waals surface area contributed by atoms with E-state index in [-0.39, 0.29) is 5.91 Å². The van der Waals surface area contributed by atoms with Crippen molar-refractivity contribution in [3.63, 3.8) is 0 Å². The maximum Gasteiger partial charge on any atom is 0.238 e. The molecule has 2 unspecified atom stereocenters. The molecular formula is C19H29N3O. The lowest BCUT2D eigenvalue weighted by Gasteiger charge is -2.35. The van der Waals surface area contributed by atoms with Crippen LogP contribution >= 0.6 is 0 Å². The summed E-state index contributed by atoms with van der Waals surface area (Å²) < 4.78 is 0.